The Morgan fingerprint density at radius 1 is 1.29 bits per heavy atom. The van der Waals surface area contributed by atoms with Crippen molar-refractivity contribution >= 4 is 35.4 Å². The first kappa shape index (κ1) is 24.7. The smallest absolute Gasteiger partial charge is 0.319 e. The first-order valence-electron chi connectivity index (χ1n) is 11.7. The molecule has 2 unspecified atom stereocenters. The van der Waals surface area contributed by atoms with Gasteiger partial charge in [0.25, 0.3) is 5.91 Å². The lowest BCUT2D eigenvalue weighted by Crippen LogP contribution is -2.52. The number of nitrogens with one attached hydrogen (secondary N) is 3. The summed E-state index contributed by atoms with van der Waals surface area (Å²) in [5, 5.41) is 8.51. The van der Waals surface area contributed by atoms with Crippen LogP contribution < -0.4 is 16.0 Å². The SMILES string of the molecule is CC(C)C1(C)C=CC(NC(=O)NCc2ccc3c(c2)CN(C2CCC(=O)NC2=O)C3=O)=CC(Cl)=C1. The lowest BCUT2D eigenvalue weighted by molar-refractivity contribution is -0.136. The molecule has 3 aliphatic rings. The Labute approximate surface area is 209 Å². The molecule has 4 rings (SSSR count). The van der Waals surface area contributed by atoms with E-state index in [1.807, 2.05) is 24.3 Å². The van der Waals surface area contributed by atoms with Gasteiger partial charge in [0, 0.05) is 41.2 Å². The van der Waals surface area contributed by atoms with Gasteiger partial charge >= 0.3 is 6.03 Å². The monoisotopic (exact) mass is 496 g/mol. The predicted octanol–water partition coefficient (Wildman–Crippen LogP) is 3.49. The van der Waals surface area contributed by atoms with E-state index in [-0.39, 0.29) is 42.8 Å². The van der Waals surface area contributed by atoms with Crippen LogP contribution in [-0.2, 0) is 22.7 Å². The number of imide groups is 1. The zero-order valence-corrected chi connectivity index (χ0v) is 20.7. The van der Waals surface area contributed by atoms with Gasteiger partial charge in [0.2, 0.25) is 11.8 Å². The molecule has 9 heteroatoms. The average Bonchev–Trinajstić information content (AvgIpc) is 3.02. The van der Waals surface area contributed by atoms with Gasteiger partial charge in [0.05, 0.1) is 0 Å². The van der Waals surface area contributed by atoms with Crippen molar-refractivity contribution in [2.24, 2.45) is 11.3 Å². The number of halogens is 1. The maximum atomic E-state index is 12.8. The molecule has 2 aliphatic heterocycles. The predicted molar refractivity (Wildman–Crippen MR) is 132 cm³/mol. The number of piperidine rings is 1. The number of carbonyl (C=O) groups excluding carboxylic acids is 4. The Balaban J connectivity index is 1.36. The quantitative estimate of drug-likeness (QED) is 0.542. The highest BCUT2D eigenvalue weighted by molar-refractivity contribution is 6.31. The van der Waals surface area contributed by atoms with Gasteiger partial charge < -0.3 is 15.5 Å². The van der Waals surface area contributed by atoms with E-state index < -0.39 is 11.9 Å². The highest BCUT2D eigenvalue weighted by Crippen LogP contribution is 2.35. The molecule has 0 saturated carbocycles. The maximum Gasteiger partial charge on any atom is 0.319 e. The van der Waals surface area contributed by atoms with Crippen LogP contribution in [0.5, 0.6) is 0 Å². The third-order valence-electron chi connectivity index (χ3n) is 6.91. The van der Waals surface area contributed by atoms with Crippen LogP contribution in [0.3, 0.4) is 0 Å². The molecule has 2 atom stereocenters. The van der Waals surface area contributed by atoms with Crippen LogP contribution in [0.2, 0.25) is 0 Å². The molecule has 0 bridgehead atoms. The van der Waals surface area contributed by atoms with E-state index in [4.69, 9.17) is 11.6 Å². The topological polar surface area (TPSA) is 108 Å². The van der Waals surface area contributed by atoms with Crippen molar-refractivity contribution in [3.8, 4) is 0 Å². The largest absolute Gasteiger partial charge is 0.334 e. The van der Waals surface area contributed by atoms with E-state index in [2.05, 4.69) is 36.7 Å². The van der Waals surface area contributed by atoms with Crippen molar-refractivity contribution < 1.29 is 19.2 Å². The van der Waals surface area contributed by atoms with Crippen LogP contribution >= 0.6 is 11.6 Å². The normalized spacial score (nSPS) is 24.0. The zero-order chi connectivity index (χ0) is 25.3. The van der Waals surface area contributed by atoms with Crippen molar-refractivity contribution in [3.05, 3.63) is 69.9 Å². The van der Waals surface area contributed by atoms with E-state index in [0.717, 1.165) is 11.1 Å². The van der Waals surface area contributed by atoms with Crippen LogP contribution in [-0.4, -0.2) is 34.7 Å². The molecule has 5 amide bonds. The molecule has 0 radical (unpaired) electrons. The van der Waals surface area contributed by atoms with Gasteiger partial charge in [0.1, 0.15) is 6.04 Å². The van der Waals surface area contributed by atoms with Crippen LogP contribution in [0.4, 0.5) is 4.79 Å². The number of nitrogens with zero attached hydrogens (tertiary/aromatic N) is 1. The number of hydrogen-bond donors (Lipinski definition) is 3. The first-order valence-corrected chi connectivity index (χ1v) is 12.0. The van der Waals surface area contributed by atoms with Crippen molar-refractivity contribution in [1.29, 1.82) is 0 Å². The Morgan fingerprint density at radius 2 is 2.06 bits per heavy atom. The van der Waals surface area contributed by atoms with Gasteiger partial charge in [-0.1, -0.05) is 56.7 Å². The Kier molecular flexibility index (Phi) is 6.85. The molecule has 0 aromatic heterocycles. The van der Waals surface area contributed by atoms with Crippen LogP contribution in [0.15, 0.2) is 53.2 Å². The number of benzene rings is 1. The second kappa shape index (κ2) is 9.70. The van der Waals surface area contributed by atoms with Gasteiger partial charge in [-0.2, -0.15) is 0 Å². The standard InChI is InChI=1S/C26H29ClN4O4/c1-15(2)26(3)9-8-19(11-18(27)12-26)29-25(35)28-13-16-4-5-20-17(10-16)14-31(24(20)34)21-6-7-22(32)30-23(21)33/h4-5,8-12,15,21H,6-7,13-14H2,1-3H3,(H2,28,29,35)(H,30,32,33). The summed E-state index contributed by atoms with van der Waals surface area (Å²) in [5.74, 6) is -0.639. The molecule has 3 N–H and O–H groups in total. The van der Waals surface area contributed by atoms with Crippen molar-refractivity contribution in [1.82, 2.24) is 20.9 Å². The fraction of sp³-hybridized carbons (Fsp3) is 0.385. The molecule has 184 valence electrons. The van der Waals surface area contributed by atoms with Gasteiger partial charge in [-0.25, -0.2) is 4.79 Å². The number of urea groups is 1. The van der Waals surface area contributed by atoms with Crippen molar-refractivity contribution in [2.45, 2.75) is 52.7 Å². The van der Waals surface area contributed by atoms with E-state index in [1.165, 1.54) is 4.90 Å². The van der Waals surface area contributed by atoms with Gasteiger partial charge in [-0.15, -0.1) is 0 Å². The van der Waals surface area contributed by atoms with Crippen molar-refractivity contribution in [3.63, 3.8) is 0 Å². The first-order chi connectivity index (χ1) is 16.6. The fourth-order valence-corrected chi connectivity index (χ4v) is 4.74. The molecular formula is C26H29ClN4O4. The molecule has 1 fully saturated rings. The van der Waals surface area contributed by atoms with Gasteiger partial charge in [-0.3, -0.25) is 19.7 Å². The minimum atomic E-state index is -0.653. The molecule has 8 nitrogen and oxygen atoms in total. The van der Waals surface area contributed by atoms with Gasteiger partial charge in [0.15, 0.2) is 0 Å². The molecule has 2 heterocycles. The van der Waals surface area contributed by atoms with E-state index in [9.17, 15) is 19.2 Å². The lowest BCUT2D eigenvalue weighted by atomic mass is 9.79. The number of fused-ring (bicyclic) bond motifs is 1. The average molecular weight is 497 g/mol. The Morgan fingerprint density at radius 3 is 2.77 bits per heavy atom. The number of amides is 5. The maximum absolute atomic E-state index is 12.8. The molecule has 1 aromatic rings. The summed E-state index contributed by atoms with van der Waals surface area (Å²) in [6.07, 6.45) is 8.12. The molecule has 35 heavy (non-hydrogen) atoms. The molecule has 1 aliphatic carbocycles. The molecule has 1 saturated heterocycles. The molecule has 1 aromatic carbocycles. The van der Waals surface area contributed by atoms with E-state index in [1.54, 1.807) is 18.2 Å². The number of carbonyl (C=O) groups is 4. The van der Waals surface area contributed by atoms with E-state index >= 15 is 0 Å². The number of rotatable bonds is 5. The summed E-state index contributed by atoms with van der Waals surface area (Å²) in [4.78, 5) is 50.5. The van der Waals surface area contributed by atoms with Crippen LogP contribution in [0.1, 0.15) is 55.1 Å². The zero-order valence-electron chi connectivity index (χ0n) is 20.0. The third-order valence-corrected chi connectivity index (χ3v) is 7.13. The van der Waals surface area contributed by atoms with Gasteiger partial charge in [-0.05, 0) is 41.7 Å². The second-order valence-electron chi connectivity index (χ2n) is 9.68. The molecular weight excluding hydrogens is 468 g/mol. The molecule has 0 spiro atoms. The third kappa shape index (κ3) is 5.32. The number of allylic oxidation sites excluding steroid dienone is 5. The number of hydrogen-bond acceptors (Lipinski definition) is 4. The summed E-state index contributed by atoms with van der Waals surface area (Å²) in [6, 6.07) is 4.33. The second-order valence-corrected chi connectivity index (χ2v) is 10.1. The Bertz CT molecular complexity index is 1190. The summed E-state index contributed by atoms with van der Waals surface area (Å²) < 4.78 is 0. The lowest BCUT2D eigenvalue weighted by Gasteiger charge is -2.29. The fourth-order valence-electron chi connectivity index (χ4n) is 4.39. The minimum absolute atomic E-state index is 0.211. The highest BCUT2D eigenvalue weighted by atomic mass is 35.5. The minimum Gasteiger partial charge on any atom is -0.334 e. The Hall–Kier alpha value is -3.39. The van der Waals surface area contributed by atoms with Crippen molar-refractivity contribution in [2.75, 3.05) is 0 Å². The van der Waals surface area contributed by atoms with E-state index in [0.29, 0.717) is 28.6 Å². The summed E-state index contributed by atoms with van der Waals surface area (Å²) in [7, 11) is 0. The summed E-state index contributed by atoms with van der Waals surface area (Å²) in [5.41, 5.74) is 2.53. The summed E-state index contributed by atoms with van der Waals surface area (Å²) in [6.45, 7) is 6.87. The van der Waals surface area contributed by atoms with Crippen LogP contribution in [0, 0.1) is 11.3 Å². The summed E-state index contributed by atoms with van der Waals surface area (Å²) >= 11 is 6.35. The van der Waals surface area contributed by atoms with Crippen LogP contribution in [0.25, 0.3) is 0 Å². The highest BCUT2D eigenvalue weighted by Gasteiger charge is 2.39.